The van der Waals surface area contributed by atoms with Gasteiger partial charge in [0.15, 0.2) is 11.4 Å². The van der Waals surface area contributed by atoms with Crippen LogP contribution in [0.3, 0.4) is 0 Å². The number of amides is 1. The molecule has 9 nitrogen and oxygen atoms in total. The minimum absolute atomic E-state index is 0.000742. The van der Waals surface area contributed by atoms with Crippen molar-refractivity contribution in [3.63, 3.8) is 0 Å². The molecule has 9 heteroatoms. The molecule has 0 spiro atoms. The van der Waals surface area contributed by atoms with E-state index < -0.39 is 40.9 Å². The van der Waals surface area contributed by atoms with Crippen molar-refractivity contribution in [1.82, 2.24) is 19.9 Å². The minimum atomic E-state index is -0.908. The summed E-state index contributed by atoms with van der Waals surface area (Å²) in [4.78, 5) is 45.7. The highest BCUT2D eigenvalue weighted by Gasteiger charge is 2.24. The van der Waals surface area contributed by atoms with Crippen LogP contribution in [0, 0.1) is 0 Å². The number of carbonyl (C=O) groups excluding carboxylic acids is 2. The SMILES string of the molecule is Cn1c(=O)c(C(=O)NCC(=O)OC(C)(C)C)c(O)c2ncc(-c3ccccc3)nc21. The van der Waals surface area contributed by atoms with E-state index >= 15 is 0 Å². The van der Waals surface area contributed by atoms with Crippen LogP contribution in [0.15, 0.2) is 41.3 Å². The fourth-order valence-electron chi connectivity index (χ4n) is 2.83. The Labute approximate surface area is 172 Å². The smallest absolute Gasteiger partial charge is 0.325 e. The number of benzene rings is 1. The number of aromatic hydroxyl groups is 1. The molecule has 0 aliphatic rings. The van der Waals surface area contributed by atoms with Gasteiger partial charge in [0.2, 0.25) is 0 Å². The summed E-state index contributed by atoms with van der Waals surface area (Å²) in [5.41, 5.74) is -0.564. The van der Waals surface area contributed by atoms with Crippen LogP contribution in [0.4, 0.5) is 0 Å². The molecule has 0 unspecified atom stereocenters. The van der Waals surface area contributed by atoms with E-state index in [1.807, 2.05) is 30.3 Å². The molecular formula is C21H22N4O5. The van der Waals surface area contributed by atoms with E-state index in [1.165, 1.54) is 13.2 Å². The third-order valence-corrected chi connectivity index (χ3v) is 4.16. The second-order valence-corrected chi connectivity index (χ2v) is 7.65. The zero-order valence-electron chi connectivity index (χ0n) is 17.1. The number of nitrogens with zero attached hydrogens (tertiary/aromatic N) is 3. The Balaban J connectivity index is 1.96. The Kier molecular flexibility index (Phi) is 5.55. The third kappa shape index (κ3) is 4.29. The fourth-order valence-corrected chi connectivity index (χ4v) is 2.83. The number of fused-ring (bicyclic) bond motifs is 1. The highest BCUT2D eigenvalue weighted by Crippen LogP contribution is 2.25. The molecule has 2 aromatic heterocycles. The van der Waals surface area contributed by atoms with Gasteiger partial charge in [0.25, 0.3) is 11.5 Å². The largest absolute Gasteiger partial charge is 0.505 e. The van der Waals surface area contributed by atoms with E-state index in [-0.39, 0.29) is 11.2 Å². The molecule has 0 saturated carbocycles. The van der Waals surface area contributed by atoms with Gasteiger partial charge in [-0.2, -0.15) is 0 Å². The molecule has 30 heavy (non-hydrogen) atoms. The van der Waals surface area contributed by atoms with Gasteiger partial charge in [0.1, 0.15) is 23.2 Å². The molecular weight excluding hydrogens is 388 g/mol. The number of esters is 1. The van der Waals surface area contributed by atoms with Gasteiger partial charge in [-0.15, -0.1) is 0 Å². The maximum absolute atomic E-state index is 12.7. The molecule has 3 aromatic rings. The number of pyridine rings is 1. The van der Waals surface area contributed by atoms with Crippen LogP contribution in [0.5, 0.6) is 5.75 Å². The Morgan fingerprint density at radius 3 is 2.50 bits per heavy atom. The highest BCUT2D eigenvalue weighted by molar-refractivity contribution is 6.01. The van der Waals surface area contributed by atoms with Crippen LogP contribution >= 0.6 is 0 Å². The molecule has 0 fully saturated rings. The van der Waals surface area contributed by atoms with Gasteiger partial charge in [-0.1, -0.05) is 30.3 Å². The second kappa shape index (κ2) is 7.94. The average Bonchev–Trinajstić information content (AvgIpc) is 2.70. The predicted molar refractivity (Wildman–Crippen MR) is 110 cm³/mol. The number of rotatable bonds is 4. The van der Waals surface area contributed by atoms with Gasteiger partial charge in [-0.3, -0.25) is 19.0 Å². The normalized spacial score (nSPS) is 11.3. The molecule has 2 N–H and O–H groups in total. The Bertz CT molecular complexity index is 1180. The molecule has 0 bridgehead atoms. The van der Waals surface area contributed by atoms with Crippen molar-refractivity contribution in [2.75, 3.05) is 6.54 Å². The molecule has 2 heterocycles. The molecule has 1 aromatic carbocycles. The molecule has 0 saturated heterocycles. The lowest BCUT2D eigenvalue weighted by Crippen LogP contribution is -2.37. The minimum Gasteiger partial charge on any atom is -0.505 e. The maximum atomic E-state index is 12.7. The van der Waals surface area contributed by atoms with Gasteiger partial charge in [-0.25, -0.2) is 9.97 Å². The number of nitrogens with one attached hydrogen (secondary N) is 1. The standard InChI is InChI=1S/C21H22N4O5/c1-21(2,3)30-14(26)11-23-19(28)15-17(27)16-18(25(4)20(15)29)24-13(10-22-16)12-8-6-5-7-9-12/h5-10,27H,11H2,1-4H3,(H,23,28). The molecule has 0 atom stereocenters. The van der Waals surface area contributed by atoms with E-state index in [0.717, 1.165) is 10.1 Å². The number of hydrogen-bond acceptors (Lipinski definition) is 7. The van der Waals surface area contributed by atoms with Crippen LogP contribution in [-0.2, 0) is 16.6 Å². The summed E-state index contributed by atoms with van der Waals surface area (Å²) in [7, 11) is 1.43. The van der Waals surface area contributed by atoms with Crippen LogP contribution < -0.4 is 10.9 Å². The van der Waals surface area contributed by atoms with Gasteiger partial charge in [0, 0.05) is 12.6 Å². The number of carbonyl (C=O) groups is 2. The molecule has 0 aliphatic heterocycles. The number of hydrogen-bond donors (Lipinski definition) is 2. The molecule has 0 radical (unpaired) electrons. The summed E-state index contributed by atoms with van der Waals surface area (Å²) in [6, 6.07) is 9.23. The van der Waals surface area contributed by atoms with Crippen molar-refractivity contribution in [2.45, 2.75) is 26.4 Å². The second-order valence-electron chi connectivity index (χ2n) is 7.65. The predicted octanol–water partition coefficient (Wildman–Crippen LogP) is 1.77. The third-order valence-electron chi connectivity index (χ3n) is 4.16. The fraction of sp³-hybridized carbons (Fsp3) is 0.286. The van der Waals surface area contributed by atoms with Gasteiger partial charge < -0.3 is 15.2 Å². The number of ether oxygens (including phenoxy) is 1. The van der Waals surface area contributed by atoms with Crippen LogP contribution in [0.25, 0.3) is 22.4 Å². The lowest BCUT2D eigenvalue weighted by atomic mass is 10.1. The Hall–Kier alpha value is -3.75. The lowest BCUT2D eigenvalue weighted by Gasteiger charge is -2.19. The molecule has 0 aliphatic carbocycles. The van der Waals surface area contributed by atoms with E-state index in [0.29, 0.717) is 5.69 Å². The molecule has 156 valence electrons. The van der Waals surface area contributed by atoms with Crippen molar-refractivity contribution in [1.29, 1.82) is 0 Å². The Morgan fingerprint density at radius 1 is 1.20 bits per heavy atom. The van der Waals surface area contributed by atoms with Crippen LogP contribution in [-0.4, -0.2) is 43.7 Å². The maximum Gasteiger partial charge on any atom is 0.325 e. The van der Waals surface area contributed by atoms with Crippen molar-refractivity contribution < 1.29 is 19.4 Å². The van der Waals surface area contributed by atoms with Crippen molar-refractivity contribution in [3.8, 4) is 17.0 Å². The first-order valence-corrected chi connectivity index (χ1v) is 9.22. The lowest BCUT2D eigenvalue weighted by molar-refractivity contribution is -0.153. The van der Waals surface area contributed by atoms with E-state index in [9.17, 15) is 19.5 Å². The Morgan fingerprint density at radius 2 is 1.87 bits per heavy atom. The first-order chi connectivity index (χ1) is 14.1. The zero-order valence-corrected chi connectivity index (χ0v) is 17.1. The molecule has 3 rings (SSSR count). The van der Waals surface area contributed by atoms with Gasteiger partial charge in [0.05, 0.1) is 11.9 Å². The number of aryl methyl sites for hydroxylation is 1. The van der Waals surface area contributed by atoms with Gasteiger partial charge >= 0.3 is 5.97 Å². The van der Waals surface area contributed by atoms with Crippen LogP contribution in [0.1, 0.15) is 31.1 Å². The van der Waals surface area contributed by atoms with Crippen LogP contribution in [0.2, 0.25) is 0 Å². The first kappa shape index (κ1) is 21.0. The summed E-state index contributed by atoms with van der Waals surface area (Å²) in [6.07, 6.45) is 1.45. The summed E-state index contributed by atoms with van der Waals surface area (Å²) in [5, 5.41) is 12.8. The number of aromatic nitrogens is 3. The summed E-state index contributed by atoms with van der Waals surface area (Å²) in [6.45, 7) is 4.63. The van der Waals surface area contributed by atoms with Gasteiger partial charge in [-0.05, 0) is 20.8 Å². The first-order valence-electron chi connectivity index (χ1n) is 9.22. The molecule has 1 amide bonds. The van der Waals surface area contributed by atoms with Crippen molar-refractivity contribution >= 4 is 23.0 Å². The quantitative estimate of drug-likeness (QED) is 0.628. The average molecular weight is 410 g/mol. The topological polar surface area (TPSA) is 123 Å². The zero-order chi connectivity index (χ0) is 22.1. The summed E-state index contributed by atoms with van der Waals surface area (Å²) in [5.74, 6) is -2.17. The van der Waals surface area contributed by atoms with E-state index in [4.69, 9.17) is 4.74 Å². The monoisotopic (exact) mass is 410 g/mol. The summed E-state index contributed by atoms with van der Waals surface area (Å²) >= 11 is 0. The van der Waals surface area contributed by atoms with E-state index in [2.05, 4.69) is 15.3 Å². The van der Waals surface area contributed by atoms with E-state index in [1.54, 1.807) is 20.8 Å². The summed E-state index contributed by atoms with van der Waals surface area (Å²) < 4.78 is 6.25. The van der Waals surface area contributed by atoms with Crippen molar-refractivity contribution in [2.24, 2.45) is 7.05 Å². The van der Waals surface area contributed by atoms with Crippen molar-refractivity contribution in [3.05, 3.63) is 52.4 Å². The highest BCUT2D eigenvalue weighted by atomic mass is 16.6.